The van der Waals surface area contributed by atoms with Crippen LogP contribution in [0, 0.1) is 5.92 Å². The fraction of sp³-hybridized carbons (Fsp3) is 0.750. The fourth-order valence-electron chi connectivity index (χ4n) is 1.92. The Balaban J connectivity index is 2.85. The molecule has 1 rings (SSSR count). The van der Waals surface area contributed by atoms with Gasteiger partial charge in [0, 0.05) is 6.54 Å². The summed E-state index contributed by atoms with van der Waals surface area (Å²) < 4.78 is 9.83. The number of ether oxygens (including phenoxy) is 2. The molecule has 0 aliphatic carbocycles. The highest BCUT2D eigenvalue weighted by Gasteiger charge is 2.43. The van der Waals surface area contributed by atoms with Crippen LogP contribution >= 0.6 is 0 Å². The van der Waals surface area contributed by atoms with Gasteiger partial charge in [0.15, 0.2) is 0 Å². The second-order valence-electron chi connectivity index (χ2n) is 5.51. The molecule has 1 fully saturated rings. The normalized spacial score (nSPS) is 23.1. The Labute approximate surface area is 112 Å². The Morgan fingerprint density at radius 3 is 2.26 bits per heavy atom. The number of carbonyl (C=O) groups is 3. The molecule has 1 heterocycles. The minimum Gasteiger partial charge on any atom is -0.467 e. The summed E-state index contributed by atoms with van der Waals surface area (Å²) in [4.78, 5) is 36.0. The largest absolute Gasteiger partial charge is 0.467 e. The van der Waals surface area contributed by atoms with E-state index in [-0.39, 0.29) is 13.0 Å². The third kappa shape index (κ3) is 3.84. The van der Waals surface area contributed by atoms with Crippen molar-refractivity contribution in [2.45, 2.75) is 38.8 Å². The topological polar surface area (TPSA) is 98.9 Å². The first-order chi connectivity index (χ1) is 8.65. The van der Waals surface area contributed by atoms with E-state index < -0.39 is 35.5 Å². The zero-order valence-corrected chi connectivity index (χ0v) is 11.6. The molecular formula is C12H20N2O5. The van der Waals surface area contributed by atoms with Crippen LogP contribution in [0.4, 0.5) is 4.79 Å². The van der Waals surface area contributed by atoms with Crippen molar-refractivity contribution in [3.63, 3.8) is 0 Å². The summed E-state index contributed by atoms with van der Waals surface area (Å²) >= 11 is 0. The summed E-state index contributed by atoms with van der Waals surface area (Å²) in [6.45, 7) is 5.24. The molecular weight excluding hydrogens is 252 g/mol. The van der Waals surface area contributed by atoms with Gasteiger partial charge >= 0.3 is 12.1 Å². The number of nitrogens with zero attached hydrogens (tertiary/aromatic N) is 1. The van der Waals surface area contributed by atoms with Crippen molar-refractivity contribution >= 4 is 18.0 Å². The molecule has 1 aliphatic heterocycles. The maximum atomic E-state index is 12.0. The summed E-state index contributed by atoms with van der Waals surface area (Å²) in [6.07, 6.45) is -0.479. The van der Waals surface area contributed by atoms with E-state index >= 15 is 0 Å². The number of carbonyl (C=O) groups excluding carboxylic acids is 3. The van der Waals surface area contributed by atoms with E-state index in [1.54, 1.807) is 20.8 Å². The predicted octanol–water partition coefficient (Wildman–Crippen LogP) is 0.270. The summed E-state index contributed by atoms with van der Waals surface area (Å²) in [7, 11) is 1.23. The van der Waals surface area contributed by atoms with E-state index in [0.29, 0.717) is 0 Å². The van der Waals surface area contributed by atoms with Crippen molar-refractivity contribution in [1.29, 1.82) is 0 Å². The lowest BCUT2D eigenvalue weighted by Crippen LogP contribution is -2.44. The molecule has 0 spiro atoms. The quantitative estimate of drug-likeness (QED) is 0.727. The molecule has 0 saturated carbocycles. The average molecular weight is 272 g/mol. The highest BCUT2D eigenvalue weighted by molar-refractivity contribution is 5.86. The molecule has 19 heavy (non-hydrogen) atoms. The van der Waals surface area contributed by atoms with Crippen LogP contribution in [0.1, 0.15) is 27.2 Å². The predicted molar refractivity (Wildman–Crippen MR) is 66.0 cm³/mol. The van der Waals surface area contributed by atoms with Gasteiger partial charge < -0.3 is 15.2 Å². The number of rotatable bonds is 2. The van der Waals surface area contributed by atoms with E-state index in [1.807, 2.05) is 0 Å². The van der Waals surface area contributed by atoms with Gasteiger partial charge in [-0.05, 0) is 27.2 Å². The third-order valence-corrected chi connectivity index (χ3v) is 2.80. The van der Waals surface area contributed by atoms with Crippen LogP contribution in [-0.4, -0.2) is 48.2 Å². The molecule has 1 saturated heterocycles. The van der Waals surface area contributed by atoms with Crippen LogP contribution < -0.4 is 5.73 Å². The van der Waals surface area contributed by atoms with Crippen LogP contribution in [0.3, 0.4) is 0 Å². The zero-order valence-electron chi connectivity index (χ0n) is 11.6. The lowest BCUT2D eigenvalue weighted by molar-refractivity contribution is -0.145. The monoisotopic (exact) mass is 272 g/mol. The molecule has 1 aliphatic rings. The van der Waals surface area contributed by atoms with Gasteiger partial charge in [-0.15, -0.1) is 0 Å². The van der Waals surface area contributed by atoms with Crippen LogP contribution in [0.15, 0.2) is 0 Å². The first-order valence-corrected chi connectivity index (χ1v) is 6.02. The lowest BCUT2D eigenvalue weighted by atomic mass is 10.1. The maximum absolute atomic E-state index is 12.0. The standard InChI is InChI=1S/C12H20N2O5/c1-12(2,3)19-11(17)14-6-7(9(13)15)5-8(14)10(16)18-4/h7-8H,5-6H2,1-4H3,(H2,13,15)/t7-,8+/m1/s1. The third-order valence-electron chi connectivity index (χ3n) is 2.80. The van der Waals surface area contributed by atoms with Crippen molar-refractivity contribution in [3.05, 3.63) is 0 Å². The molecule has 2 atom stereocenters. The van der Waals surface area contributed by atoms with Gasteiger partial charge in [-0.25, -0.2) is 9.59 Å². The van der Waals surface area contributed by atoms with Crippen molar-refractivity contribution in [1.82, 2.24) is 4.90 Å². The van der Waals surface area contributed by atoms with Crippen LogP contribution in [0.5, 0.6) is 0 Å². The number of amides is 2. The van der Waals surface area contributed by atoms with E-state index in [9.17, 15) is 14.4 Å². The van der Waals surface area contributed by atoms with E-state index in [4.69, 9.17) is 10.5 Å². The number of esters is 1. The van der Waals surface area contributed by atoms with Gasteiger partial charge in [-0.1, -0.05) is 0 Å². The molecule has 0 bridgehead atoms. The molecule has 2 amide bonds. The number of hydrogen-bond donors (Lipinski definition) is 1. The molecule has 7 heteroatoms. The minimum absolute atomic E-state index is 0.0734. The zero-order chi connectivity index (χ0) is 14.8. The molecule has 0 aromatic rings. The van der Waals surface area contributed by atoms with E-state index in [1.165, 1.54) is 12.0 Å². The number of methoxy groups -OCH3 is 1. The smallest absolute Gasteiger partial charge is 0.411 e. The Morgan fingerprint density at radius 1 is 1.26 bits per heavy atom. The van der Waals surface area contributed by atoms with Gasteiger partial charge in [-0.3, -0.25) is 9.69 Å². The van der Waals surface area contributed by atoms with Crippen LogP contribution in [0.25, 0.3) is 0 Å². The van der Waals surface area contributed by atoms with Crippen molar-refractivity contribution in [2.24, 2.45) is 11.7 Å². The highest BCUT2D eigenvalue weighted by atomic mass is 16.6. The highest BCUT2D eigenvalue weighted by Crippen LogP contribution is 2.26. The Kier molecular flexibility index (Phi) is 4.39. The molecule has 0 aromatic heterocycles. The number of primary amides is 1. The van der Waals surface area contributed by atoms with Crippen molar-refractivity contribution in [2.75, 3.05) is 13.7 Å². The second kappa shape index (κ2) is 5.46. The molecule has 0 unspecified atom stereocenters. The van der Waals surface area contributed by atoms with Crippen LogP contribution in [0.2, 0.25) is 0 Å². The molecule has 2 N–H and O–H groups in total. The van der Waals surface area contributed by atoms with Crippen molar-refractivity contribution in [3.8, 4) is 0 Å². The molecule has 0 radical (unpaired) electrons. The Hall–Kier alpha value is -1.79. The van der Waals surface area contributed by atoms with Gasteiger partial charge in [-0.2, -0.15) is 0 Å². The first-order valence-electron chi connectivity index (χ1n) is 6.02. The van der Waals surface area contributed by atoms with Gasteiger partial charge in [0.1, 0.15) is 11.6 Å². The molecule has 7 nitrogen and oxygen atoms in total. The summed E-state index contributed by atoms with van der Waals surface area (Å²) in [5, 5.41) is 0. The number of nitrogens with two attached hydrogens (primary N) is 1. The average Bonchev–Trinajstić information content (AvgIpc) is 2.70. The van der Waals surface area contributed by atoms with Gasteiger partial charge in [0.25, 0.3) is 0 Å². The Morgan fingerprint density at radius 2 is 1.84 bits per heavy atom. The van der Waals surface area contributed by atoms with E-state index in [2.05, 4.69) is 4.74 Å². The van der Waals surface area contributed by atoms with E-state index in [0.717, 1.165) is 0 Å². The number of hydrogen-bond acceptors (Lipinski definition) is 5. The summed E-state index contributed by atoms with van der Waals surface area (Å²) in [5.74, 6) is -1.67. The molecule has 108 valence electrons. The summed E-state index contributed by atoms with van der Waals surface area (Å²) in [5.41, 5.74) is 4.54. The SMILES string of the molecule is COC(=O)[C@@H]1C[C@@H](C(N)=O)CN1C(=O)OC(C)(C)C. The van der Waals surface area contributed by atoms with Gasteiger partial charge in [0.05, 0.1) is 13.0 Å². The number of likely N-dealkylation sites (tertiary alicyclic amines) is 1. The maximum Gasteiger partial charge on any atom is 0.411 e. The summed E-state index contributed by atoms with van der Waals surface area (Å²) in [6, 6.07) is -0.822. The lowest BCUT2D eigenvalue weighted by Gasteiger charge is -2.27. The van der Waals surface area contributed by atoms with Crippen molar-refractivity contribution < 1.29 is 23.9 Å². The minimum atomic E-state index is -0.822. The Bertz CT molecular complexity index is 388. The van der Waals surface area contributed by atoms with Gasteiger partial charge in [0.2, 0.25) is 5.91 Å². The first kappa shape index (κ1) is 15.3. The van der Waals surface area contributed by atoms with Crippen LogP contribution in [-0.2, 0) is 19.1 Å². The second-order valence-corrected chi connectivity index (χ2v) is 5.51. The molecule has 0 aromatic carbocycles. The fourth-order valence-corrected chi connectivity index (χ4v) is 1.92.